The number of carbonyl (C=O) groups is 4. The number of hydrogen-bond donors (Lipinski definition) is 1. The van der Waals surface area contributed by atoms with Crippen molar-refractivity contribution < 1.29 is 23.9 Å². The fourth-order valence-electron chi connectivity index (χ4n) is 4.26. The van der Waals surface area contributed by atoms with E-state index in [4.69, 9.17) is 4.74 Å². The summed E-state index contributed by atoms with van der Waals surface area (Å²) in [6, 6.07) is 9.80. The van der Waals surface area contributed by atoms with E-state index in [9.17, 15) is 19.2 Å². The Hall–Kier alpha value is -3.26. The van der Waals surface area contributed by atoms with Crippen molar-refractivity contribution in [2.45, 2.75) is 26.7 Å². The molecule has 1 heterocycles. The van der Waals surface area contributed by atoms with Gasteiger partial charge in [-0.2, -0.15) is 0 Å². The Morgan fingerprint density at radius 2 is 1.64 bits per heavy atom. The minimum absolute atomic E-state index is 0.157. The summed E-state index contributed by atoms with van der Waals surface area (Å²) in [7, 11) is 0. The van der Waals surface area contributed by atoms with E-state index in [-0.39, 0.29) is 29.2 Å². The first-order valence-corrected chi connectivity index (χ1v) is 11.4. The monoisotopic (exact) mass is 510 g/mol. The van der Waals surface area contributed by atoms with E-state index >= 15 is 0 Å². The van der Waals surface area contributed by atoms with Gasteiger partial charge in [0.05, 0.1) is 23.1 Å². The highest BCUT2D eigenvalue weighted by Gasteiger charge is 2.47. The predicted molar refractivity (Wildman–Crippen MR) is 127 cm³/mol. The topological polar surface area (TPSA) is 92.8 Å². The molecule has 1 saturated heterocycles. The number of halogens is 1. The zero-order valence-electron chi connectivity index (χ0n) is 18.3. The van der Waals surface area contributed by atoms with Crippen LogP contribution in [0.2, 0.25) is 0 Å². The molecule has 0 saturated carbocycles. The number of nitrogens with one attached hydrogen (secondary N) is 1. The van der Waals surface area contributed by atoms with Gasteiger partial charge in [0.15, 0.2) is 6.61 Å². The maximum atomic E-state index is 12.8. The molecule has 0 aromatic heterocycles. The fraction of sp³-hybridized carbons (Fsp3) is 0.280. The number of imide groups is 1. The summed E-state index contributed by atoms with van der Waals surface area (Å²) in [4.78, 5) is 51.5. The molecule has 2 atom stereocenters. The molecular weight excluding hydrogens is 488 g/mol. The number of anilines is 2. The number of fused-ring (bicyclic) bond motifs is 1. The molecule has 4 rings (SSSR count). The van der Waals surface area contributed by atoms with Crippen LogP contribution in [0.3, 0.4) is 0 Å². The highest BCUT2D eigenvalue weighted by atomic mass is 79.9. The van der Waals surface area contributed by atoms with Crippen molar-refractivity contribution in [3.8, 4) is 0 Å². The summed E-state index contributed by atoms with van der Waals surface area (Å²) in [5, 5.41) is 2.71. The summed E-state index contributed by atoms with van der Waals surface area (Å²) < 4.78 is 6.12. The van der Waals surface area contributed by atoms with E-state index in [1.807, 2.05) is 38.1 Å². The van der Waals surface area contributed by atoms with Gasteiger partial charge in [0.1, 0.15) is 0 Å². The van der Waals surface area contributed by atoms with Crippen LogP contribution in [-0.2, 0) is 19.1 Å². The van der Waals surface area contributed by atoms with E-state index < -0.39 is 18.5 Å². The maximum Gasteiger partial charge on any atom is 0.338 e. The van der Waals surface area contributed by atoms with Gasteiger partial charge in [-0.3, -0.25) is 19.3 Å². The number of ether oxygens (including phenoxy) is 1. The number of rotatable bonds is 5. The van der Waals surface area contributed by atoms with Crippen LogP contribution in [0.1, 0.15) is 34.3 Å². The van der Waals surface area contributed by atoms with E-state index in [2.05, 4.69) is 21.2 Å². The number of amides is 3. The lowest BCUT2D eigenvalue weighted by Crippen LogP contribution is -2.31. The van der Waals surface area contributed by atoms with Gasteiger partial charge in [-0.25, -0.2) is 4.79 Å². The minimum Gasteiger partial charge on any atom is -0.452 e. The molecule has 7 nitrogen and oxygen atoms in total. The van der Waals surface area contributed by atoms with Crippen molar-refractivity contribution in [1.82, 2.24) is 0 Å². The van der Waals surface area contributed by atoms with E-state index in [1.165, 1.54) is 12.1 Å². The van der Waals surface area contributed by atoms with Gasteiger partial charge < -0.3 is 10.1 Å². The van der Waals surface area contributed by atoms with Crippen LogP contribution in [0.5, 0.6) is 0 Å². The molecule has 170 valence electrons. The normalized spacial score (nSPS) is 19.4. The van der Waals surface area contributed by atoms with Gasteiger partial charge in [-0.1, -0.05) is 34.1 Å². The molecule has 8 heteroatoms. The Balaban J connectivity index is 1.41. The second-order valence-corrected chi connectivity index (χ2v) is 9.06. The average Bonchev–Trinajstić information content (AvgIpc) is 3.06. The first kappa shape index (κ1) is 22.9. The Labute approximate surface area is 199 Å². The fourth-order valence-corrected chi connectivity index (χ4v) is 4.49. The molecular formula is C25H23BrN2O5. The summed E-state index contributed by atoms with van der Waals surface area (Å²) in [6.45, 7) is 3.37. The molecule has 2 aromatic rings. The Morgan fingerprint density at radius 3 is 2.24 bits per heavy atom. The summed E-state index contributed by atoms with van der Waals surface area (Å²) in [5.41, 5.74) is 3.04. The molecule has 0 radical (unpaired) electrons. The van der Waals surface area contributed by atoms with E-state index in [0.29, 0.717) is 24.2 Å². The highest BCUT2D eigenvalue weighted by Crippen LogP contribution is 2.37. The van der Waals surface area contributed by atoms with Gasteiger partial charge in [0.2, 0.25) is 11.8 Å². The second-order valence-electron chi connectivity index (χ2n) is 8.27. The third-order valence-electron chi connectivity index (χ3n) is 5.90. The number of esters is 1. The Kier molecular flexibility index (Phi) is 6.47. The van der Waals surface area contributed by atoms with Gasteiger partial charge >= 0.3 is 5.97 Å². The first-order valence-electron chi connectivity index (χ1n) is 10.6. The van der Waals surface area contributed by atoms with Crippen molar-refractivity contribution in [3.63, 3.8) is 0 Å². The lowest BCUT2D eigenvalue weighted by Gasteiger charge is -2.15. The van der Waals surface area contributed by atoms with Gasteiger partial charge in [0, 0.05) is 10.2 Å². The van der Waals surface area contributed by atoms with Gasteiger partial charge in [-0.05, 0) is 68.1 Å². The largest absolute Gasteiger partial charge is 0.452 e. The number of carbonyl (C=O) groups excluding carboxylic acids is 4. The van der Waals surface area contributed by atoms with Crippen molar-refractivity contribution in [3.05, 3.63) is 69.7 Å². The third kappa shape index (κ3) is 4.61. The highest BCUT2D eigenvalue weighted by molar-refractivity contribution is 9.10. The van der Waals surface area contributed by atoms with Crippen molar-refractivity contribution in [1.29, 1.82) is 0 Å². The van der Waals surface area contributed by atoms with E-state index in [1.54, 1.807) is 12.1 Å². The van der Waals surface area contributed by atoms with Crippen molar-refractivity contribution >= 4 is 51.0 Å². The zero-order chi connectivity index (χ0) is 23.7. The molecule has 2 aromatic carbocycles. The molecule has 1 aliphatic carbocycles. The van der Waals surface area contributed by atoms with Crippen molar-refractivity contribution in [2.75, 3.05) is 16.8 Å². The van der Waals surface area contributed by atoms with E-state index in [0.717, 1.165) is 20.5 Å². The Morgan fingerprint density at radius 1 is 1.03 bits per heavy atom. The molecule has 0 spiro atoms. The third-order valence-corrected chi connectivity index (χ3v) is 7.15. The number of allylic oxidation sites excluding steroid dienone is 2. The molecule has 3 amide bonds. The number of nitrogens with zero attached hydrogens (tertiary/aromatic N) is 1. The molecule has 33 heavy (non-hydrogen) atoms. The summed E-state index contributed by atoms with van der Waals surface area (Å²) in [5.74, 6) is -2.39. The Bertz CT molecular complexity index is 1140. The zero-order valence-corrected chi connectivity index (χ0v) is 19.8. The van der Waals surface area contributed by atoms with Crippen LogP contribution in [0.4, 0.5) is 11.4 Å². The molecule has 1 fully saturated rings. The first-order chi connectivity index (χ1) is 15.8. The van der Waals surface area contributed by atoms with Crippen molar-refractivity contribution in [2.24, 2.45) is 11.8 Å². The van der Waals surface area contributed by atoms with Crippen LogP contribution >= 0.6 is 15.9 Å². The van der Waals surface area contributed by atoms with Crippen LogP contribution in [-0.4, -0.2) is 30.3 Å². The van der Waals surface area contributed by atoms with Crippen LogP contribution < -0.4 is 10.2 Å². The average molecular weight is 511 g/mol. The SMILES string of the molecule is Cc1cc(NC(=O)COC(=O)c2cccc(N3C(=O)[C@@H]4CC=CC[C@H]4C3=O)c2)cc(C)c1Br. The number of aryl methyl sites for hydroxylation is 2. The molecule has 1 aliphatic heterocycles. The van der Waals surface area contributed by atoms with Gasteiger partial charge in [0.25, 0.3) is 5.91 Å². The lowest BCUT2D eigenvalue weighted by atomic mass is 9.85. The van der Waals surface area contributed by atoms with Crippen LogP contribution in [0, 0.1) is 25.7 Å². The van der Waals surface area contributed by atoms with Crippen LogP contribution in [0.15, 0.2) is 53.0 Å². The predicted octanol–water partition coefficient (Wildman–Crippen LogP) is 4.32. The maximum absolute atomic E-state index is 12.8. The molecule has 0 unspecified atom stereocenters. The minimum atomic E-state index is -0.714. The quantitative estimate of drug-likeness (QED) is 0.367. The number of benzene rings is 2. The van der Waals surface area contributed by atoms with Crippen LogP contribution in [0.25, 0.3) is 0 Å². The summed E-state index contributed by atoms with van der Waals surface area (Å²) >= 11 is 3.48. The molecule has 0 bridgehead atoms. The van der Waals surface area contributed by atoms with Gasteiger partial charge in [-0.15, -0.1) is 0 Å². The summed E-state index contributed by atoms with van der Waals surface area (Å²) in [6.07, 6.45) is 4.93. The number of hydrogen-bond acceptors (Lipinski definition) is 5. The molecule has 1 N–H and O–H groups in total. The lowest BCUT2D eigenvalue weighted by molar-refractivity contribution is -0.122. The molecule has 2 aliphatic rings. The smallest absolute Gasteiger partial charge is 0.338 e. The standard InChI is InChI=1S/C25H23BrN2O5/c1-14-10-17(11-15(2)22(14)26)27-21(29)13-33-25(32)16-6-5-7-18(12-16)28-23(30)19-8-3-4-9-20(19)24(28)31/h3-7,10-12,19-20H,8-9,13H2,1-2H3,(H,27,29)/t19-,20-/m1/s1. The second kappa shape index (κ2) is 9.31.